The number of piperidine rings is 1. The zero-order valence-electron chi connectivity index (χ0n) is 10.7. The predicted octanol–water partition coefficient (Wildman–Crippen LogP) is 1.83. The van der Waals surface area contributed by atoms with Crippen molar-refractivity contribution >= 4 is 12.0 Å². The van der Waals surface area contributed by atoms with Gasteiger partial charge in [-0.25, -0.2) is 4.79 Å². The van der Waals surface area contributed by atoms with Gasteiger partial charge in [0.2, 0.25) is 5.91 Å². The number of rotatable bonds is 2. The predicted molar refractivity (Wildman–Crippen MR) is 67.3 cm³/mol. The Kier molecular flexibility index (Phi) is 4.44. The van der Waals surface area contributed by atoms with Crippen LogP contribution < -0.4 is 5.32 Å². The molecule has 2 N–H and O–H groups in total. The van der Waals surface area contributed by atoms with Crippen LogP contribution in [0.1, 0.15) is 44.9 Å². The number of hydrogen-bond donors (Lipinski definition) is 2. The molecule has 2 amide bonds. The molecule has 1 atom stereocenters. The van der Waals surface area contributed by atoms with E-state index in [4.69, 9.17) is 5.11 Å². The fourth-order valence-corrected chi connectivity index (χ4v) is 2.93. The standard InChI is InChI=1S/C13H22N2O3/c16-12(14-11-6-2-1-3-7-11)10-5-4-8-15(9-10)13(17)18/h10-11H,1-9H2,(H,14,16)(H,17,18). The molecule has 1 saturated heterocycles. The van der Waals surface area contributed by atoms with E-state index in [0.717, 1.165) is 25.7 Å². The van der Waals surface area contributed by atoms with Gasteiger partial charge in [0.1, 0.15) is 0 Å². The second-order valence-electron chi connectivity index (χ2n) is 5.41. The Balaban J connectivity index is 1.82. The van der Waals surface area contributed by atoms with Gasteiger partial charge in [-0.05, 0) is 25.7 Å². The van der Waals surface area contributed by atoms with Gasteiger partial charge in [0.05, 0.1) is 5.92 Å². The van der Waals surface area contributed by atoms with Crippen molar-refractivity contribution in [2.75, 3.05) is 13.1 Å². The Bertz CT molecular complexity index is 313. The van der Waals surface area contributed by atoms with Crippen molar-refractivity contribution in [1.29, 1.82) is 0 Å². The second kappa shape index (κ2) is 6.07. The fourth-order valence-electron chi connectivity index (χ4n) is 2.93. The van der Waals surface area contributed by atoms with Crippen molar-refractivity contribution in [1.82, 2.24) is 10.2 Å². The van der Waals surface area contributed by atoms with Gasteiger partial charge in [0.25, 0.3) is 0 Å². The van der Waals surface area contributed by atoms with Crippen LogP contribution >= 0.6 is 0 Å². The molecular weight excluding hydrogens is 232 g/mol. The van der Waals surface area contributed by atoms with Crippen LogP contribution in [0.25, 0.3) is 0 Å². The van der Waals surface area contributed by atoms with Gasteiger partial charge in [-0.3, -0.25) is 4.79 Å². The highest BCUT2D eigenvalue weighted by atomic mass is 16.4. The summed E-state index contributed by atoms with van der Waals surface area (Å²) in [4.78, 5) is 24.4. The van der Waals surface area contributed by atoms with Gasteiger partial charge >= 0.3 is 6.09 Å². The number of carboxylic acid groups (broad SMARTS) is 1. The molecule has 1 aliphatic heterocycles. The molecule has 1 aliphatic carbocycles. The molecule has 5 heteroatoms. The zero-order chi connectivity index (χ0) is 13.0. The van der Waals surface area contributed by atoms with Gasteiger partial charge in [0, 0.05) is 19.1 Å². The molecule has 0 spiro atoms. The van der Waals surface area contributed by atoms with E-state index in [-0.39, 0.29) is 11.8 Å². The summed E-state index contributed by atoms with van der Waals surface area (Å²) in [6.45, 7) is 0.913. The van der Waals surface area contributed by atoms with E-state index in [1.807, 2.05) is 0 Å². The summed E-state index contributed by atoms with van der Waals surface area (Å²) >= 11 is 0. The number of nitrogens with one attached hydrogen (secondary N) is 1. The third-order valence-electron chi connectivity index (χ3n) is 4.01. The fraction of sp³-hybridized carbons (Fsp3) is 0.846. The van der Waals surface area contributed by atoms with E-state index in [0.29, 0.717) is 19.1 Å². The maximum atomic E-state index is 12.1. The summed E-state index contributed by atoms with van der Waals surface area (Å²) < 4.78 is 0. The van der Waals surface area contributed by atoms with E-state index in [1.165, 1.54) is 24.2 Å². The Morgan fingerprint density at radius 3 is 2.44 bits per heavy atom. The van der Waals surface area contributed by atoms with E-state index < -0.39 is 6.09 Å². The average molecular weight is 254 g/mol. The Labute approximate surface area is 108 Å². The number of hydrogen-bond acceptors (Lipinski definition) is 2. The lowest BCUT2D eigenvalue weighted by atomic mass is 9.93. The molecule has 1 unspecified atom stereocenters. The minimum atomic E-state index is -0.912. The smallest absolute Gasteiger partial charge is 0.407 e. The average Bonchev–Trinajstić information content (AvgIpc) is 2.40. The van der Waals surface area contributed by atoms with Crippen LogP contribution in [-0.4, -0.2) is 41.1 Å². The van der Waals surface area contributed by atoms with Crippen molar-refractivity contribution in [2.45, 2.75) is 51.0 Å². The van der Waals surface area contributed by atoms with Gasteiger partial charge in [0.15, 0.2) is 0 Å². The van der Waals surface area contributed by atoms with E-state index >= 15 is 0 Å². The Morgan fingerprint density at radius 2 is 1.78 bits per heavy atom. The summed E-state index contributed by atoms with van der Waals surface area (Å²) in [5.74, 6) is -0.107. The summed E-state index contributed by atoms with van der Waals surface area (Å²) in [6.07, 6.45) is 6.47. The number of nitrogens with zero attached hydrogens (tertiary/aromatic N) is 1. The molecule has 0 bridgehead atoms. The summed E-state index contributed by atoms with van der Waals surface area (Å²) in [7, 11) is 0. The number of amides is 2. The summed E-state index contributed by atoms with van der Waals surface area (Å²) in [5.41, 5.74) is 0. The van der Waals surface area contributed by atoms with E-state index in [1.54, 1.807) is 0 Å². The van der Waals surface area contributed by atoms with Crippen molar-refractivity contribution in [3.05, 3.63) is 0 Å². The van der Waals surface area contributed by atoms with Gasteiger partial charge < -0.3 is 15.3 Å². The SMILES string of the molecule is O=C(NC1CCCCC1)C1CCCN(C(=O)O)C1. The quantitative estimate of drug-likeness (QED) is 0.789. The lowest BCUT2D eigenvalue weighted by Gasteiger charge is -2.31. The minimum absolute atomic E-state index is 0.0489. The van der Waals surface area contributed by atoms with Crippen molar-refractivity contribution in [3.63, 3.8) is 0 Å². The highest BCUT2D eigenvalue weighted by Gasteiger charge is 2.29. The van der Waals surface area contributed by atoms with Crippen molar-refractivity contribution < 1.29 is 14.7 Å². The number of carbonyl (C=O) groups is 2. The third-order valence-corrected chi connectivity index (χ3v) is 4.01. The highest BCUT2D eigenvalue weighted by Crippen LogP contribution is 2.20. The molecule has 0 radical (unpaired) electrons. The van der Waals surface area contributed by atoms with E-state index in [9.17, 15) is 9.59 Å². The Morgan fingerprint density at radius 1 is 1.06 bits per heavy atom. The highest BCUT2D eigenvalue weighted by molar-refractivity contribution is 5.80. The van der Waals surface area contributed by atoms with Crippen LogP contribution in [0.5, 0.6) is 0 Å². The largest absolute Gasteiger partial charge is 0.465 e. The monoisotopic (exact) mass is 254 g/mol. The summed E-state index contributed by atoms with van der Waals surface area (Å²) in [5, 5.41) is 12.0. The lowest BCUT2D eigenvalue weighted by molar-refractivity contribution is -0.127. The molecule has 1 saturated carbocycles. The van der Waals surface area contributed by atoms with Crippen LogP contribution in [-0.2, 0) is 4.79 Å². The van der Waals surface area contributed by atoms with E-state index in [2.05, 4.69) is 5.32 Å². The van der Waals surface area contributed by atoms with Crippen LogP contribution in [0, 0.1) is 5.92 Å². The first kappa shape index (κ1) is 13.2. The second-order valence-corrected chi connectivity index (χ2v) is 5.41. The Hall–Kier alpha value is -1.26. The van der Waals surface area contributed by atoms with Crippen molar-refractivity contribution in [3.8, 4) is 0 Å². The molecule has 2 rings (SSSR count). The molecule has 2 aliphatic rings. The van der Waals surface area contributed by atoms with Gasteiger partial charge in [-0.1, -0.05) is 19.3 Å². The first-order valence-corrected chi connectivity index (χ1v) is 6.95. The van der Waals surface area contributed by atoms with Crippen molar-refractivity contribution in [2.24, 2.45) is 5.92 Å². The lowest BCUT2D eigenvalue weighted by Crippen LogP contribution is -2.47. The van der Waals surface area contributed by atoms with Gasteiger partial charge in [-0.15, -0.1) is 0 Å². The topological polar surface area (TPSA) is 69.6 Å². The molecule has 1 heterocycles. The zero-order valence-corrected chi connectivity index (χ0v) is 10.7. The third kappa shape index (κ3) is 3.37. The first-order valence-electron chi connectivity index (χ1n) is 6.95. The molecular formula is C13H22N2O3. The maximum absolute atomic E-state index is 12.1. The van der Waals surface area contributed by atoms with Crippen LogP contribution in [0.4, 0.5) is 4.79 Å². The number of carbonyl (C=O) groups excluding carboxylic acids is 1. The molecule has 0 aromatic rings. The van der Waals surface area contributed by atoms with Crippen LogP contribution in [0.15, 0.2) is 0 Å². The molecule has 0 aromatic heterocycles. The van der Waals surface area contributed by atoms with Crippen LogP contribution in [0.3, 0.4) is 0 Å². The number of likely N-dealkylation sites (tertiary alicyclic amines) is 1. The van der Waals surface area contributed by atoms with Gasteiger partial charge in [-0.2, -0.15) is 0 Å². The molecule has 2 fully saturated rings. The molecule has 18 heavy (non-hydrogen) atoms. The molecule has 102 valence electrons. The normalized spacial score (nSPS) is 25.8. The summed E-state index contributed by atoms with van der Waals surface area (Å²) in [6, 6.07) is 0.312. The maximum Gasteiger partial charge on any atom is 0.407 e. The molecule has 5 nitrogen and oxygen atoms in total. The first-order chi connectivity index (χ1) is 8.66. The minimum Gasteiger partial charge on any atom is -0.465 e. The van der Waals surface area contributed by atoms with Crippen LogP contribution in [0.2, 0.25) is 0 Å². The molecule has 0 aromatic carbocycles.